The van der Waals surface area contributed by atoms with E-state index in [1.807, 2.05) is 29.2 Å². The molecule has 1 saturated heterocycles. The van der Waals surface area contributed by atoms with E-state index in [1.165, 1.54) is 6.42 Å². The van der Waals surface area contributed by atoms with Gasteiger partial charge >= 0.3 is 0 Å². The van der Waals surface area contributed by atoms with Crippen LogP contribution in [0.4, 0.5) is 17.1 Å². The van der Waals surface area contributed by atoms with Crippen LogP contribution >= 0.6 is 0 Å². The molecular formula is C27H28N4O3. The minimum absolute atomic E-state index is 0.0403. The first kappa shape index (κ1) is 23.0. The molecule has 0 spiro atoms. The SMILES string of the molecule is O=C(CNc1cccc(NC(=O)c2ccccc2)c1)Nc1ccc(C(=O)N2CCCCC2)cc1. The van der Waals surface area contributed by atoms with Crippen LogP contribution in [0.5, 0.6) is 0 Å². The molecule has 0 atom stereocenters. The molecule has 34 heavy (non-hydrogen) atoms. The molecule has 3 aromatic rings. The highest BCUT2D eigenvalue weighted by Crippen LogP contribution is 2.17. The number of anilines is 3. The van der Waals surface area contributed by atoms with Gasteiger partial charge in [-0.05, 0) is 73.9 Å². The minimum Gasteiger partial charge on any atom is -0.376 e. The van der Waals surface area contributed by atoms with E-state index >= 15 is 0 Å². The van der Waals surface area contributed by atoms with Crippen LogP contribution < -0.4 is 16.0 Å². The predicted molar refractivity (Wildman–Crippen MR) is 134 cm³/mol. The maximum atomic E-state index is 12.6. The van der Waals surface area contributed by atoms with Crippen molar-refractivity contribution in [2.75, 3.05) is 35.6 Å². The van der Waals surface area contributed by atoms with Crippen molar-refractivity contribution in [1.29, 1.82) is 0 Å². The Morgan fingerprint density at radius 1 is 0.676 bits per heavy atom. The molecule has 3 N–H and O–H groups in total. The normalized spacial score (nSPS) is 13.1. The molecule has 0 unspecified atom stereocenters. The topological polar surface area (TPSA) is 90.5 Å². The van der Waals surface area contributed by atoms with Crippen LogP contribution in [0.2, 0.25) is 0 Å². The third kappa shape index (κ3) is 6.22. The van der Waals surface area contributed by atoms with Crippen LogP contribution in [-0.2, 0) is 4.79 Å². The fourth-order valence-corrected chi connectivity index (χ4v) is 3.86. The second-order valence-corrected chi connectivity index (χ2v) is 8.23. The number of likely N-dealkylation sites (tertiary alicyclic amines) is 1. The second-order valence-electron chi connectivity index (χ2n) is 8.23. The van der Waals surface area contributed by atoms with Gasteiger partial charge in [0, 0.05) is 41.3 Å². The summed E-state index contributed by atoms with van der Waals surface area (Å²) in [5, 5.41) is 8.75. The minimum atomic E-state index is -0.214. The summed E-state index contributed by atoms with van der Waals surface area (Å²) in [6.45, 7) is 1.67. The van der Waals surface area contributed by atoms with Gasteiger partial charge in [-0.3, -0.25) is 14.4 Å². The smallest absolute Gasteiger partial charge is 0.255 e. The van der Waals surface area contributed by atoms with Crippen molar-refractivity contribution >= 4 is 34.8 Å². The molecular weight excluding hydrogens is 428 g/mol. The Morgan fingerprint density at radius 3 is 2.12 bits per heavy atom. The summed E-state index contributed by atoms with van der Waals surface area (Å²) in [5.74, 6) is -0.370. The Bertz CT molecular complexity index is 1140. The van der Waals surface area contributed by atoms with Crippen LogP contribution in [-0.4, -0.2) is 42.3 Å². The van der Waals surface area contributed by atoms with Gasteiger partial charge in [-0.1, -0.05) is 24.3 Å². The molecule has 0 aliphatic carbocycles. The highest BCUT2D eigenvalue weighted by Gasteiger charge is 2.18. The standard InChI is InChI=1S/C27H28N4O3/c32-25(29-22-14-12-21(13-15-22)27(34)31-16-5-2-6-17-31)19-28-23-10-7-11-24(18-23)30-26(33)20-8-3-1-4-9-20/h1,3-4,7-15,18,28H,2,5-6,16-17,19H2,(H,29,32)(H,30,33). The zero-order valence-electron chi connectivity index (χ0n) is 18.9. The number of benzene rings is 3. The highest BCUT2D eigenvalue weighted by atomic mass is 16.2. The molecule has 0 radical (unpaired) electrons. The molecule has 1 aliphatic heterocycles. The maximum absolute atomic E-state index is 12.6. The molecule has 1 aliphatic rings. The van der Waals surface area contributed by atoms with Crippen LogP contribution in [0, 0.1) is 0 Å². The Kier molecular flexibility index (Phi) is 7.55. The Labute approximate surface area is 199 Å². The van der Waals surface area contributed by atoms with E-state index in [-0.39, 0.29) is 24.3 Å². The van der Waals surface area contributed by atoms with Gasteiger partial charge in [-0.25, -0.2) is 0 Å². The maximum Gasteiger partial charge on any atom is 0.255 e. The zero-order valence-corrected chi connectivity index (χ0v) is 18.9. The Morgan fingerprint density at radius 2 is 1.38 bits per heavy atom. The molecule has 4 rings (SSSR count). The van der Waals surface area contributed by atoms with Crippen molar-refractivity contribution in [3.8, 4) is 0 Å². The fraction of sp³-hybridized carbons (Fsp3) is 0.222. The van der Waals surface area contributed by atoms with E-state index in [0.717, 1.165) is 25.9 Å². The zero-order chi connectivity index (χ0) is 23.8. The van der Waals surface area contributed by atoms with Gasteiger partial charge in [-0.15, -0.1) is 0 Å². The summed E-state index contributed by atoms with van der Waals surface area (Å²) in [6, 6.07) is 23.2. The average molecular weight is 457 g/mol. The van der Waals surface area contributed by atoms with Crippen LogP contribution in [0.25, 0.3) is 0 Å². The molecule has 3 amide bonds. The average Bonchev–Trinajstić information content (AvgIpc) is 2.89. The first-order chi connectivity index (χ1) is 16.6. The third-order valence-corrected chi connectivity index (χ3v) is 5.67. The van der Waals surface area contributed by atoms with E-state index in [2.05, 4.69) is 16.0 Å². The fourth-order valence-electron chi connectivity index (χ4n) is 3.86. The van der Waals surface area contributed by atoms with Gasteiger partial charge < -0.3 is 20.9 Å². The van der Waals surface area contributed by atoms with Crippen molar-refractivity contribution in [1.82, 2.24) is 4.90 Å². The lowest BCUT2D eigenvalue weighted by Crippen LogP contribution is -2.35. The van der Waals surface area contributed by atoms with Crippen molar-refractivity contribution in [2.24, 2.45) is 0 Å². The second kappa shape index (κ2) is 11.1. The molecule has 0 saturated carbocycles. The molecule has 3 aromatic carbocycles. The molecule has 0 aromatic heterocycles. The number of carbonyl (C=O) groups is 3. The summed E-state index contributed by atoms with van der Waals surface area (Å²) in [7, 11) is 0. The Hall–Kier alpha value is -4.13. The van der Waals surface area contributed by atoms with Gasteiger partial charge in [0.05, 0.1) is 6.54 Å². The van der Waals surface area contributed by atoms with E-state index in [9.17, 15) is 14.4 Å². The van der Waals surface area contributed by atoms with Gasteiger partial charge in [-0.2, -0.15) is 0 Å². The number of nitrogens with zero attached hydrogens (tertiary/aromatic N) is 1. The number of amides is 3. The lowest BCUT2D eigenvalue weighted by molar-refractivity contribution is -0.114. The summed E-state index contributed by atoms with van der Waals surface area (Å²) < 4.78 is 0. The number of nitrogens with one attached hydrogen (secondary N) is 3. The number of carbonyl (C=O) groups excluding carboxylic acids is 3. The summed E-state index contributed by atoms with van der Waals surface area (Å²) >= 11 is 0. The number of piperidine rings is 1. The van der Waals surface area contributed by atoms with E-state index in [4.69, 9.17) is 0 Å². The van der Waals surface area contributed by atoms with Crippen molar-refractivity contribution in [3.63, 3.8) is 0 Å². The van der Waals surface area contributed by atoms with Gasteiger partial charge in [0.1, 0.15) is 0 Å². The van der Waals surface area contributed by atoms with Gasteiger partial charge in [0.2, 0.25) is 5.91 Å². The third-order valence-electron chi connectivity index (χ3n) is 5.67. The highest BCUT2D eigenvalue weighted by molar-refractivity contribution is 6.04. The quantitative estimate of drug-likeness (QED) is 0.484. The van der Waals surface area contributed by atoms with Gasteiger partial charge in [0.15, 0.2) is 0 Å². The van der Waals surface area contributed by atoms with Crippen LogP contribution in [0.3, 0.4) is 0 Å². The summed E-state index contributed by atoms with van der Waals surface area (Å²) in [4.78, 5) is 39.2. The number of rotatable bonds is 7. The lowest BCUT2D eigenvalue weighted by atomic mass is 10.1. The van der Waals surface area contributed by atoms with Crippen molar-refractivity contribution in [3.05, 3.63) is 90.0 Å². The van der Waals surface area contributed by atoms with Crippen LogP contribution in [0.1, 0.15) is 40.0 Å². The van der Waals surface area contributed by atoms with E-state index in [1.54, 1.807) is 54.6 Å². The number of hydrogen-bond donors (Lipinski definition) is 3. The first-order valence-electron chi connectivity index (χ1n) is 11.5. The monoisotopic (exact) mass is 456 g/mol. The molecule has 0 bridgehead atoms. The summed E-state index contributed by atoms with van der Waals surface area (Å²) in [6.07, 6.45) is 3.28. The van der Waals surface area contributed by atoms with Crippen molar-refractivity contribution in [2.45, 2.75) is 19.3 Å². The number of hydrogen-bond acceptors (Lipinski definition) is 4. The van der Waals surface area contributed by atoms with Gasteiger partial charge in [0.25, 0.3) is 11.8 Å². The Balaban J connectivity index is 1.27. The first-order valence-corrected chi connectivity index (χ1v) is 11.5. The lowest BCUT2D eigenvalue weighted by Gasteiger charge is -2.26. The van der Waals surface area contributed by atoms with Crippen LogP contribution in [0.15, 0.2) is 78.9 Å². The largest absolute Gasteiger partial charge is 0.376 e. The summed E-state index contributed by atoms with van der Waals surface area (Å²) in [5.41, 5.74) is 3.18. The molecule has 1 fully saturated rings. The van der Waals surface area contributed by atoms with E-state index < -0.39 is 0 Å². The molecule has 7 heteroatoms. The molecule has 7 nitrogen and oxygen atoms in total. The predicted octanol–water partition coefficient (Wildman–Crippen LogP) is 4.62. The molecule has 1 heterocycles. The molecule has 174 valence electrons. The van der Waals surface area contributed by atoms with Crippen molar-refractivity contribution < 1.29 is 14.4 Å². The van der Waals surface area contributed by atoms with E-state index in [0.29, 0.717) is 28.2 Å².